The molecular weight excluding hydrogens is 488 g/mol. The Morgan fingerprint density at radius 2 is 1.62 bits per heavy atom. The van der Waals surface area contributed by atoms with Crippen LogP contribution in [-0.2, 0) is 16.0 Å². The normalized spacial score (nSPS) is 14.5. The van der Waals surface area contributed by atoms with Crippen molar-refractivity contribution in [3.05, 3.63) is 95.1 Å². The Bertz CT molecular complexity index is 1190. The highest BCUT2D eigenvalue weighted by atomic mass is 16.6. The van der Waals surface area contributed by atoms with Crippen molar-refractivity contribution in [3.8, 4) is 5.75 Å². The van der Waals surface area contributed by atoms with Crippen LogP contribution >= 0.6 is 0 Å². The number of ether oxygens (including phenoxy) is 2. The van der Waals surface area contributed by atoms with Gasteiger partial charge in [-0.25, -0.2) is 4.79 Å². The van der Waals surface area contributed by atoms with Crippen LogP contribution in [0.5, 0.6) is 5.75 Å². The second kappa shape index (κ2) is 15.1. The summed E-state index contributed by atoms with van der Waals surface area (Å²) in [4.78, 5) is 11.6. The van der Waals surface area contributed by atoms with Crippen LogP contribution in [0.15, 0.2) is 77.9 Å². The topological polar surface area (TPSA) is 71.4 Å². The molecule has 1 N–H and O–H groups in total. The van der Waals surface area contributed by atoms with Gasteiger partial charge in [0.05, 0.1) is 24.0 Å². The van der Waals surface area contributed by atoms with Gasteiger partial charge in [0.2, 0.25) is 0 Å². The third-order valence-corrected chi connectivity index (χ3v) is 6.41. The first-order valence-electron chi connectivity index (χ1n) is 13.9. The first-order chi connectivity index (χ1) is 18.9. The number of aliphatic hydroxyl groups is 1. The second-order valence-electron chi connectivity index (χ2n) is 9.92. The first kappa shape index (κ1) is 29.9. The zero-order valence-corrected chi connectivity index (χ0v) is 23.9. The quantitative estimate of drug-likeness (QED) is 0.284. The number of aliphatic hydroxyl groups excluding tert-OH is 1. The van der Waals surface area contributed by atoms with E-state index in [1.807, 2.05) is 24.3 Å². The van der Waals surface area contributed by atoms with Crippen molar-refractivity contribution in [2.75, 3.05) is 24.8 Å². The van der Waals surface area contributed by atoms with E-state index in [9.17, 15) is 4.79 Å². The van der Waals surface area contributed by atoms with E-state index in [2.05, 4.69) is 88.2 Å². The average Bonchev–Trinajstić information content (AvgIpc) is 3.41. The van der Waals surface area contributed by atoms with Crippen molar-refractivity contribution in [1.82, 2.24) is 0 Å². The molecule has 208 valence electrons. The lowest BCUT2D eigenvalue weighted by Gasteiger charge is -2.24. The van der Waals surface area contributed by atoms with Gasteiger partial charge in [0.15, 0.2) is 6.61 Å². The Balaban J connectivity index is 0.00000134. The van der Waals surface area contributed by atoms with E-state index in [0.29, 0.717) is 11.7 Å². The summed E-state index contributed by atoms with van der Waals surface area (Å²) in [6, 6.07) is 25.1. The van der Waals surface area contributed by atoms with Gasteiger partial charge < -0.3 is 14.6 Å². The number of anilines is 1. The average molecular weight is 531 g/mol. The molecule has 6 nitrogen and oxygen atoms in total. The molecule has 0 aromatic heterocycles. The molecule has 1 atom stereocenters. The highest BCUT2D eigenvalue weighted by Gasteiger charge is 2.30. The molecule has 0 spiro atoms. The first-order valence-corrected chi connectivity index (χ1v) is 13.9. The number of rotatable bonds is 10. The molecule has 6 heteroatoms. The number of esters is 1. The van der Waals surface area contributed by atoms with Crippen molar-refractivity contribution in [1.29, 1.82) is 0 Å². The van der Waals surface area contributed by atoms with E-state index < -0.39 is 5.97 Å². The van der Waals surface area contributed by atoms with Crippen molar-refractivity contribution in [2.24, 2.45) is 5.10 Å². The standard InChI is InChI=1S/C30H34N2O4.C3H8/c1-4-22-5-7-24(8-6-22)28-19-29(32(31-28)26-13-9-23(10-14-26)21(2)3)25-11-15-27(16-12-25)36-20-30(34)35-18-17-33;1-3-2/h5-16,21,29,33H,4,17-20H2,1-3H3;3H2,1-2H3. The minimum absolute atomic E-state index is 0.0275. The van der Waals surface area contributed by atoms with E-state index in [4.69, 9.17) is 19.7 Å². The molecule has 0 bridgehead atoms. The Hall–Kier alpha value is -3.64. The van der Waals surface area contributed by atoms with Gasteiger partial charge in [-0.3, -0.25) is 5.01 Å². The minimum atomic E-state index is -0.507. The van der Waals surface area contributed by atoms with E-state index >= 15 is 0 Å². The summed E-state index contributed by atoms with van der Waals surface area (Å²) in [6.07, 6.45) is 3.04. The number of hydrogen-bond acceptors (Lipinski definition) is 6. The summed E-state index contributed by atoms with van der Waals surface area (Å²) in [7, 11) is 0. The number of benzene rings is 3. The molecule has 0 fully saturated rings. The predicted octanol–water partition coefficient (Wildman–Crippen LogP) is 7.06. The maximum Gasteiger partial charge on any atom is 0.344 e. The number of aryl methyl sites for hydroxylation is 1. The smallest absolute Gasteiger partial charge is 0.344 e. The van der Waals surface area contributed by atoms with Crippen LogP contribution < -0.4 is 9.75 Å². The van der Waals surface area contributed by atoms with Gasteiger partial charge in [-0.2, -0.15) is 5.10 Å². The van der Waals surface area contributed by atoms with Crippen LogP contribution in [0.2, 0.25) is 0 Å². The molecular formula is C33H42N2O4. The fourth-order valence-electron chi connectivity index (χ4n) is 4.26. The van der Waals surface area contributed by atoms with Crippen LogP contribution in [-0.4, -0.2) is 36.6 Å². The van der Waals surface area contributed by atoms with Crippen LogP contribution in [0, 0.1) is 0 Å². The Morgan fingerprint density at radius 3 is 2.18 bits per heavy atom. The van der Waals surface area contributed by atoms with Crippen LogP contribution in [0.4, 0.5) is 5.69 Å². The summed E-state index contributed by atoms with van der Waals surface area (Å²) >= 11 is 0. The van der Waals surface area contributed by atoms with Gasteiger partial charge in [0.1, 0.15) is 12.4 Å². The summed E-state index contributed by atoms with van der Waals surface area (Å²) in [5, 5.41) is 15.9. The van der Waals surface area contributed by atoms with E-state index in [-0.39, 0.29) is 25.9 Å². The largest absolute Gasteiger partial charge is 0.482 e. The summed E-state index contributed by atoms with van der Waals surface area (Å²) in [5.74, 6) is 0.548. The molecule has 0 saturated heterocycles. The van der Waals surface area contributed by atoms with Crippen LogP contribution in [0.3, 0.4) is 0 Å². The molecule has 0 aliphatic carbocycles. The molecule has 1 aliphatic rings. The van der Waals surface area contributed by atoms with Crippen LogP contribution in [0.1, 0.15) is 81.7 Å². The lowest BCUT2D eigenvalue weighted by atomic mass is 9.97. The van der Waals surface area contributed by atoms with Crippen molar-refractivity contribution in [3.63, 3.8) is 0 Å². The molecule has 3 aromatic rings. The molecule has 39 heavy (non-hydrogen) atoms. The summed E-state index contributed by atoms with van der Waals surface area (Å²) < 4.78 is 10.4. The molecule has 1 aliphatic heterocycles. The zero-order valence-electron chi connectivity index (χ0n) is 23.9. The molecule has 0 amide bonds. The van der Waals surface area contributed by atoms with Gasteiger partial charge in [0.25, 0.3) is 0 Å². The molecule has 4 rings (SSSR count). The summed E-state index contributed by atoms with van der Waals surface area (Å²) in [5.41, 5.74) is 6.97. The molecule has 0 saturated carbocycles. The van der Waals surface area contributed by atoms with Gasteiger partial charge in [-0.15, -0.1) is 0 Å². The van der Waals surface area contributed by atoms with Crippen molar-refractivity contribution in [2.45, 2.75) is 65.8 Å². The van der Waals surface area contributed by atoms with Gasteiger partial charge in [0, 0.05) is 6.42 Å². The molecule has 3 aromatic carbocycles. The van der Waals surface area contributed by atoms with Crippen molar-refractivity contribution < 1.29 is 19.4 Å². The number of carbonyl (C=O) groups excluding carboxylic acids is 1. The molecule has 0 radical (unpaired) electrons. The van der Waals surface area contributed by atoms with Gasteiger partial charge in [-0.1, -0.05) is 89.6 Å². The van der Waals surface area contributed by atoms with Crippen LogP contribution in [0.25, 0.3) is 0 Å². The molecule has 1 unspecified atom stereocenters. The van der Waals surface area contributed by atoms with E-state index in [1.165, 1.54) is 17.5 Å². The number of hydrazone groups is 1. The highest BCUT2D eigenvalue weighted by molar-refractivity contribution is 6.03. The maximum atomic E-state index is 11.6. The monoisotopic (exact) mass is 530 g/mol. The van der Waals surface area contributed by atoms with Gasteiger partial charge >= 0.3 is 5.97 Å². The van der Waals surface area contributed by atoms with E-state index in [1.54, 1.807) is 0 Å². The third kappa shape index (κ3) is 8.42. The van der Waals surface area contributed by atoms with Gasteiger partial charge in [-0.05, 0) is 58.9 Å². The third-order valence-electron chi connectivity index (χ3n) is 6.41. The SMILES string of the molecule is CCC.CCc1ccc(C2=NN(c3ccc(C(C)C)cc3)C(c3ccc(OCC(=O)OCCO)cc3)C2)cc1. The minimum Gasteiger partial charge on any atom is -0.482 e. The number of hydrogen-bond donors (Lipinski definition) is 1. The second-order valence-corrected chi connectivity index (χ2v) is 9.92. The number of carbonyl (C=O) groups is 1. The Kier molecular flexibility index (Phi) is 11.6. The van der Waals surface area contributed by atoms with Crippen molar-refractivity contribution >= 4 is 17.4 Å². The number of nitrogens with zero attached hydrogens (tertiary/aromatic N) is 2. The fraction of sp³-hybridized carbons (Fsp3) is 0.394. The fourth-order valence-corrected chi connectivity index (χ4v) is 4.26. The lowest BCUT2D eigenvalue weighted by Crippen LogP contribution is -2.19. The zero-order chi connectivity index (χ0) is 28.2. The maximum absolute atomic E-state index is 11.6. The highest BCUT2D eigenvalue weighted by Crippen LogP contribution is 2.37. The summed E-state index contributed by atoms with van der Waals surface area (Å²) in [6.45, 7) is 10.4. The Labute approximate surface area is 233 Å². The predicted molar refractivity (Wildman–Crippen MR) is 159 cm³/mol. The molecule has 1 heterocycles. The van der Waals surface area contributed by atoms with E-state index in [0.717, 1.165) is 35.4 Å². The Morgan fingerprint density at radius 1 is 0.974 bits per heavy atom. The lowest BCUT2D eigenvalue weighted by molar-refractivity contribution is -0.146.